The molecule has 0 bridgehead atoms. The van der Waals surface area contributed by atoms with Gasteiger partial charge in [0.25, 0.3) is 0 Å². The Hall–Kier alpha value is -1.56. The van der Waals surface area contributed by atoms with Crippen LogP contribution in [0.2, 0.25) is 0 Å². The third-order valence-corrected chi connectivity index (χ3v) is 2.25. The van der Waals surface area contributed by atoms with Gasteiger partial charge < -0.3 is 9.26 Å². The number of phosphoric ester groups is 1. The van der Waals surface area contributed by atoms with Crippen molar-refractivity contribution < 1.29 is 28.1 Å². The van der Waals surface area contributed by atoms with Crippen LogP contribution in [0, 0.1) is 0 Å². The number of para-hydroxylation sites is 1. The summed E-state index contributed by atoms with van der Waals surface area (Å²) in [4.78, 5) is 20.0. The van der Waals surface area contributed by atoms with Crippen LogP contribution >= 0.6 is 7.82 Å². The number of hydrogen-bond donors (Lipinski definition) is 2. The van der Waals surface area contributed by atoms with E-state index in [0.29, 0.717) is 0 Å². The summed E-state index contributed by atoms with van der Waals surface area (Å²) in [5, 5.41) is 0. The van der Waals surface area contributed by atoms with E-state index in [1.165, 1.54) is 12.1 Å². The Kier molecular flexibility index (Phi) is 4.96. The highest BCUT2D eigenvalue weighted by Crippen LogP contribution is 2.42. The number of ether oxygens (including phenoxy) is 1. The lowest BCUT2D eigenvalue weighted by atomic mass is 10.3. The molecule has 7 nitrogen and oxygen atoms in total. The molecule has 1 unspecified atom stereocenters. The van der Waals surface area contributed by atoms with Crippen molar-refractivity contribution in [1.29, 1.82) is 0 Å². The second kappa shape index (κ2) is 6.24. The molecular formula is C9H12NO6P. The van der Waals surface area contributed by atoms with Gasteiger partial charge in [0.2, 0.25) is 0 Å². The summed E-state index contributed by atoms with van der Waals surface area (Å²) < 4.78 is 24.6. The highest BCUT2D eigenvalue weighted by molar-refractivity contribution is 7.47. The number of amides is 1. The molecule has 0 aromatic heterocycles. The molecule has 17 heavy (non-hydrogen) atoms. The van der Waals surface area contributed by atoms with Crippen molar-refractivity contribution >= 4 is 13.9 Å². The van der Waals surface area contributed by atoms with Crippen LogP contribution in [0.4, 0.5) is 4.79 Å². The second-order valence-corrected chi connectivity index (χ2v) is 4.09. The van der Waals surface area contributed by atoms with Gasteiger partial charge in [-0.2, -0.15) is 10.1 Å². The number of rotatable bonds is 5. The number of phosphoric acid groups is 1. The summed E-state index contributed by atoms with van der Waals surface area (Å²) in [7, 11) is -4.40. The van der Waals surface area contributed by atoms with Crippen molar-refractivity contribution in [2.24, 2.45) is 0 Å². The first-order valence-electron chi connectivity index (χ1n) is 4.72. The molecule has 0 saturated heterocycles. The van der Waals surface area contributed by atoms with Crippen molar-refractivity contribution in [2.75, 3.05) is 6.61 Å². The fraction of sp³-hybridized carbons (Fsp3) is 0.222. The quantitative estimate of drug-likeness (QED) is 0.620. The minimum atomic E-state index is -4.40. The Morgan fingerprint density at radius 2 is 2.06 bits per heavy atom. The van der Waals surface area contributed by atoms with Gasteiger partial charge >= 0.3 is 13.9 Å². The van der Waals surface area contributed by atoms with Gasteiger partial charge in [-0.3, -0.25) is 4.89 Å². The predicted octanol–water partition coefficient (Wildman–Crippen LogP) is 1.84. The van der Waals surface area contributed by atoms with Crippen molar-refractivity contribution in [3.05, 3.63) is 30.3 Å². The summed E-state index contributed by atoms with van der Waals surface area (Å²) >= 11 is 0. The largest absolute Gasteiger partial charge is 0.549 e. The molecule has 1 aromatic carbocycles. The first-order chi connectivity index (χ1) is 8.03. The van der Waals surface area contributed by atoms with Crippen molar-refractivity contribution in [1.82, 2.24) is 5.48 Å². The van der Waals surface area contributed by atoms with Gasteiger partial charge in [0, 0.05) is 0 Å². The number of benzene rings is 1. The third kappa shape index (κ3) is 5.35. The molecule has 1 rings (SSSR count). The van der Waals surface area contributed by atoms with Crippen molar-refractivity contribution in [3.63, 3.8) is 0 Å². The Bertz CT molecular complexity index is 409. The standard InChI is InChI=1S/C9H12NO6P/c1-2-14-9(11)10-16-17(12,13)15-8-6-4-3-5-7-8/h3-7H,2H2,1H3,(H,10,11)(H,12,13). The Morgan fingerprint density at radius 1 is 1.41 bits per heavy atom. The van der Waals surface area contributed by atoms with Gasteiger partial charge in [-0.1, -0.05) is 18.2 Å². The zero-order valence-electron chi connectivity index (χ0n) is 9.03. The normalized spacial score (nSPS) is 13.5. The third-order valence-electron chi connectivity index (χ3n) is 1.48. The molecule has 0 saturated carbocycles. The van der Waals surface area contributed by atoms with E-state index in [4.69, 9.17) is 0 Å². The average Bonchev–Trinajstić information content (AvgIpc) is 2.28. The van der Waals surface area contributed by atoms with Gasteiger partial charge in [-0.15, -0.1) is 0 Å². The number of hydrogen-bond acceptors (Lipinski definition) is 5. The van der Waals surface area contributed by atoms with Gasteiger partial charge in [0.15, 0.2) is 0 Å². The minimum absolute atomic E-state index is 0.116. The maximum absolute atomic E-state index is 11.3. The van der Waals surface area contributed by atoms with E-state index < -0.39 is 13.9 Å². The monoisotopic (exact) mass is 261 g/mol. The Morgan fingerprint density at radius 3 is 2.65 bits per heavy atom. The van der Waals surface area contributed by atoms with Gasteiger partial charge in [0.05, 0.1) is 6.61 Å². The maximum atomic E-state index is 11.3. The molecule has 0 spiro atoms. The van der Waals surface area contributed by atoms with Crippen LogP contribution in [-0.4, -0.2) is 17.6 Å². The van der Waals surface area contributed by atoms with Crippen molar-refractivity contribution in [3.8, 4) is 5.75 Å². The summed E-state index contributed by atoms with van der Waals surface area (Å²) in [6, 6.07) is 7.89. The van der Waals surface area contributed by atoms with Crippen LogP contribution in [0.15, 0.2) is 30.3 Å². The van der Waals surface area contributed by atoms with E-state index in [-0.39, 0.29) is 12.4 Å². The van der Waals surface area contributed by atoms with E-state index in [1.807, 2.05) is 0 Å². The van der Waals surface area contributed by atoms with Crippen LogP contribution in [-0.2, 0) is 13.9 Å². The molecule has 0 aliphatic rings. The number of hydroxylamine groups is 1. The van der Waals surface area contributed by atoms with E-state index >= 15 is 0 Å². The molecule has 0 aliphatic carbocycles. The lowest BCUT2D eigenvalue weighted by molar-refractivity contribution is 0.0848. The SMILES string of the molecule is CCOC(=O)NOP(=O)(O)Oc1ccccc1. The molecule has 1 atom stereocenters. The fourth-order valence-electron chi connectivity index (χ4n) is 0.889. The van der Waals surface area contributed by atoms with Gasteiger partial charge in [-0.25, -0.2) is 9.36 Å². The summed E-state index contributed by atoms with van der Waals surface area (Å²) in [5.74, 6) is 0.143. The highest BCUT2D eigenvalue weighted by Gasteiger charge is 2.25. The molecule has 0 radical (unpaired) electrons. The first-order valence-corrected chi connectivity index (χ1v) is 6.22. The van der Waals surface area contributed by atoms with Crippen LogP contribution in [0.1, 0.15) is 6.92 Å². The maximum Gasteiger partial charge on any atom is 0.549 e. The number of nitrogens with one attached hydrogen (secondary N) is 1. The molecule has 94 valence electrons. The topological polar surface area (TPSA) is 94.1 Å². The highest BCUT2D eigenvalue weighted by atomic mass is 31.2. The molecule has 1 aromatic rings. The van der Waals surface area contributed by atoms with Crippen LogP contribution in [0.3, 0.4) is 0 Å². The van der Waals surface area contributed by atoms with Crippen LogP contribution in [0.5, 0.6) is 5.75 Å². The fourth-order valence-corrected chi connectivity index (χ4v) is 1.50. The number of carbonyl (C=O) groups excluding carboxylic acids is 1. The molecule has 0 fully saturated rings. The second-order valence-electron chi connectivity index (χ2n) is 2.79. The first kappa shape index (κ1) is 13.5. The molecule has 1 amide bonds. The Labute approximate surface area is 97.9 Å². The smallest absolute Gasteiger partial charge is 0.448 e. The lowest BCUT2D eigenvalue weighted by Crippen LogP contribution is -2.24. The van der Waals surface area contributed by atoms with E-state index in [9.17, 15) is 14.3 Å². The zero-order valence-corrected chi connectivity index (χ0v) is 9.92. The van der Waals surface area contributed by atoms with Crippen LogP contribution < -0.4 is 10.0 Å². The van der Waals surface area contributed by atoms with Crippen molar-refractivity contribution in [2.45, 2.75) is 6.92 Å². The minimum Gasteiger partial charge on any atom is -0.448 e. The average molecular weight is 261 g/mol. The molecule has 0 aliphatic heterocycles. The summed E-state index contributed by atoms with van der Waals surface area (Å²) in [6.45, 7) is 1.70. The van der Waals surface area contributed by atoms with E-state index in [0.717, 1.165) is 0 Å². The van der Waals surface area contributed by atoms with Gasteiger partial charge in [-0.05, 0) is 19.1 Å². The van der Waals surface area contributed by atoms with Gasteiger partial charge in [0.1, 0.15) is 5.75 Å². The molecule has 2 N–H and O–H groups in total. The zero-order chi connectivity index (χ0) is 12.7. The van der Waals surface area contributed by atoms with E-state index in [2.05, 4.69) is 13.9 Å². The lowest BCUT2D eigenvalue weighted by Gasteiger charge is -2.12. The molecule has 8 heteroatoms. The Balaban J connectivity index is 2.46. The predicted molar refractivity (Wildman–Crippen MR) is 58.1 cm³/mol. The van der Waals surface area contributed by atoms with Crippen LogP contribution in [0.25, 0.3) is 0 Å². The summed E-state index contributed by atoms with van der Waals surface area (Å²) in [5.41, 5.74) is 1.64. The molecule has 0 heterocycles. The summed E-state index contributed by atoms with van der Waals surface area (Å²) in [6.07, 6.45) is -0.974. The molecular weight excluding hydrogens is 249 g/mol. The number of carbonyl (C=O) groups is 1. The van der Waals surface area contributed by atoms with E-state index in [1.54, 1.807) is 30.6 Å².